The Morgan fingerprint density at radius 1 is 1.35 bits per heavy atom. The molecule has 20 heavy (non-hydrogen) atoms. The monoisotopic (exact) mass is 321 g/mol. The van der Waals surface area contributed by atoms with Crippen LogP contribution in [0.15, 0.2) is 17.0 Å². The van der Waals surface area contributed by atoms with E-state index in [9.17, 15) is 13.2 Å². The lowest BCUT2D eigenvalue weighted by atomic mass is 10.3. The van der Waals surface area contributed by atoms with Crippen LogP contribution >= 0.6 is 11.6 Å². The Bertz CT molecular complexity index is 645. The second-order valence-electron chi connectivity index (χ2n) is 4.11. The van der Waals surface area contributed by atoms with E-state index in [2.05, 4.69) is 0 Å². The molecule has 1 aliphatic rings. The van der Waals surface area contributed by atoms with Gasteiger partial charge in [0.25, 0.3) is 0 Å². The fraction of sp³-hybridized carbons (Fsp3) is 0.364. The van der Waals surface area contributed by atoms with Crippen LogP contribution in [0.25, 0.3) is 0 Å². The van der Waals surface area contributed by atoms with Gasteiger partial charge < -0.3 is 14.6 Å². The van der Waals surface area contributed by atoms with E-state index in [-0.39, 0.29) is 15.7 Å². The molecule has 2 rings (SSSR count). The highest BCUT2D eigenvalue weighted by Gasteiger charge is 2.26. The fourth-order valence-corrected chi connectivity index (χ4v) is 3.33. The van der Waals surface area contributed by atoms with E-state index in [1.807, 2.05) is 4.72 Å². The molecule has 9 heteroatoms. The highest BCUT2D eigenvalue weighted by molar-refractivity contribution is 7.89. The zero-order valence-electron chi connectivity index (χ0n) is 10.4. The van der Waals surface area contributed by atoms with Crippen molar-refractivity contribution in [2.75, 3.05) is 13.2 Å². The molecular weight excluding hydrogens is 310 g/mol. The molecule has 0 aromatic heterocycles. The average molecular weight is 322 g/mol. The summed E-state index contributed by atoms with van der Waals surface area (Å²) >= 11 is 5.91. The number of carboxylic acids is 1. The predicted molar refractivity (Wildman–Crippen MR) is 69.9 cm³/mol. The number of hydrogen-bond acceptors (Lipinski definition) is 5. The van der Waals surface area contributed by atoms with Crippen LogP contribution < -0.4 is 14.2 Å². The summed E-state index contributed by atoms with van der Waals surface area (Å²) in [6, 6.07) is 1.27. The topological polar surface area (TPSA) is 102 Å². The summed E-state index contributed by atoms with van der Waals surface area (Å²) in [6.07, 6.45) is 0. The molecule has 1 heterocycles. The molecule has 0 radical (unpaired) electrons. The first-order chi connectivity index (χ1) is 9.31. The molecule has 0 bridgehead atoms. The predicted octanol–water partition coefficient (Wildman–Crippen LogP) is 0.863. The Labute approximate surface area is 120 Å². The maximum atomic E-state index is 12.1. The van der Waals surface area contributed by atoms with Crippen molar-refractivity contribution in [2.45, 2.75) is 17.9 Å². The summed E-state index contributed by atoms with van der Waals surface area (Å²) in [5.74, 6) is -0.683. The Morgan fingerprint density at radius 2 is 1.90 bits per heavy atom. The third-order valence-electron chi connectivity index (χ3n) is 2.59. The molecular formula is C11H12ClNO6S. The van der Waals surface area contributed by atoms with Gasteiger partial charge in [-0.1, -0.05) is 11.6 Å². The molecule has 0 fully saturated rings. The SMILES string of the molecule is CC(NS(=O)(=O)c1cc2c(cc1Cl)OCCO2)C(=O)O. The Morgan fingerprint density at radius 3 is 2.45 bits per heavy atom. The summed E-state index contributed by atoms with van der Waals surface area (Å²) in [6.45, 7) is 1.86. The van der Waals surface area contributed by atoms with Gasteiger partial charge in [-0.3, -0.25) is 4.79 Å². The van der Waals surface area contributed by atoms with E-state index in [1.54, 1.807) is 0 Å². The van der Waals surface area contributed by atoms with Gasteiger partial charge in [-0.2, -0.15) is 4.72 Å². The quantitative estimate of drug-likeness (QED) is 0.853. The standard InChI is InChI=1S/C11H12ClNO6S/c1-6(11(14)15)13-20(16,17)10-5-9-8(4-7(10)12)18-2-3-19-9/h4-6,13H,2-3H2,1H3,(H,14,15). The molecule has 1 unspecified atom stereocenters. The first-order valence-corrected chi connectivity index (χ1v) is 7.51. The summed E-state index contributed by atoms with van der Waals surface area (Å²) in [5, 5.41) is 8.68. The number of hydrogen-bond donors (Lipinski definition) is 2. The molecule has 0 amide bonds. The molecule has 0 aliphatic carbocycles. The number of ether oxygens (including phenoxy) is 2. The van der Waals surface area contributed by atoms with Crippen molar-refractivity contribution in [3.05, 3.63) is 17.2 Å². The molecule has 0 spiro atoms. The highest BCUT2D eigenvalue weighted by atomic mass is 35.5. The molecule has 1 aliphatic heterocycles. The van der Waals surface area contributed by atoms with Crippen LogP contribution in [0.1, 0.15) is 6.92 Å². The average Bonchev–Trinajstić information content (AvgIpc) is 2.37. The number of sulfonamides is 1. The first kappa shape index (κ1) is 14.9. The van der Waals surface area contributed by atoms with Crippen molar-refractivity contribution in [3.8, 4) is 11.5 Å². The lowest BCUT2D eigenvalue weighted by molar-refractivity contribution is -0.138. The summed E-state index contributed by atoms with van der Waals surface area (Å²) in [4.78, 5) is 10.5. The van der Waals surface area contributed by atoms with Gasteiger partial charge in [-0.25, -0.2) is 8.42 Å². The van der Waals surface area contributed by atoms with Gasteiger partial charge in [0.05, 0.1) is 5.02 Å². The van der Waals surface area contributed by atoms with Crippen LogP contribution in [-0.2, 0) is 14.8 Å². The van der Waals surface area contributed by atoms with E-state index in [4.69, 9.17) is 26.2 Å². The van der Waals surface area contributed by atoms with Crippen LogP contribution in [-0.4, -0.2) is 38.7 Å². The molecule has 110 valence electrons. The van der Waals surface area contributed by atoms with Gasteiger partial charge in [0, 0.05) is 12.1 Å². The van der Waals surface area contributed by atoms with Crippen molar-refractivity contribution in [2.24, 2.45) is 0 Å². The van der Waals surface area contributed by atoms with Gasteiger partial charge in [0.15, 0.2) is 11.5 Å². The second kappa shape index (κ2) is 5.47. The van der Waals surface area contributed by atoms with Crippen molar-refractivity contribution in [1.82, 2.24) is 4.72 Å². The fourth-order valence-electron chi connectivity index (χ4n) is 1.60. The van der Waals surface area contributed by atoms with Gasteiger partial charge >= 0.3 is 5.97 Å². The van der Waals surface area contributed by atoms with E-state index in [1.165, 1.54) is 19.1 Å². The molecule has 1 aromatic rings. The van der Waals surface area contributed by atoms with Crippen LogP contribution in [0.3, 0.4) is 0 Å². The molecule has 0 saturated heterocycles. The van der Waals surface area contributed by atoms with Gasteiger partial charge in [0.1, 0.15) is 24.2 Å². The van der Waals surface area contributed by atoms with Crippen molar-refractivity contribution < 1.29 is 27.8 Å². The summed E-state index contributed by atoms with van der Waals surface area (Å²) < 4.78 is 36.8. The van der Waals surface area contributed by atoms with Gasteiger partial charge in [0.2, 0.25) is 10.0 Å². The third-order valence-corrected chi connectivity index (χ3v) is 4.59. The maximum Gasteiger partial charge on any atom is 0.321 e. The maximum absolute atomic E-state index is 12.1. The molecule has 7 nitrogen and oxygen atoms in total. The normalized spacial score (nSPS) is 15.7. The Kier molecular flexibility index (Phi) is 4.07. The lowest BCUT2D eigenvalue weighted by Gasteiger charge is -2.20. The second-order valence-corrected chi connectivity index (χ2v) is 6.20. The smallest absolute Gasteiger partial charge is 0.321 e. The minimum atomic E-state index is -4.07. The minimum absolute atomic E-state index is 0.0701. The summed E-state index contributed by atoms with van der Waals surface area (Å²) in [7, 11) is -4.07. The number of rotatable bonds is 4. The Hall–Kier alpha value is -1.51. The number of carboxylic acid groups (broad SMARTS) is 1. The number of benzene rings is 1. The highest BCUT2D eigenvalue weighted by Crippen LogP contribution is 2.37. The van der Waals surface area contributed by atoms with Gasteiger partial charge in [-0.05, 0) is 6.92 Å². The van der Waals surface area contributed by atoms with Gasteiger partial charge in [-0.15, -0.1) is 0 Å². The van der Waals surface area contributed by atoms with Crippen LogP contribution in [0, 0.1) is 0 Å². The molecule has 0 saturated carbocycles. The Balaban J connectivity index is 2.39. The largest absolute Gasteiger partial charge is 0.486 e. The number of carbonyl (C=O) groups is 1. The zero-order chi connectivity index (χ0) is 14.9. The van der Waals surface area contributed by atoms with E-state index in [0.29, 0.717) is 19.0 Å². The third kappa shape index (κ3) is 2.97. The number of nitrogens with one attached hydrogen (secondary N) is 1. The number of fused-ring (bicyclic) bond motifs is 1. The number of halogens is 1. The van der Waals surface area contributed by atoms with Crippen molar-refractivity contribution >= 4 is 27.6 Å². The van der Waals surface area contributed by atoms with E-state index in [0.717, 1.165) is 0 Å². The van der Waals surface area contributed by atoms with Crippen LogP contribution in [0.2, 0.25) is 5.02 Å². The van der Waals surface area contributed by atoms with E-state index < -0.39 is 22.0 Å². The number of aliphatic carboxylic acids is 1. The molecule has 1 aromatic carbocycles. The van der Waals surface area contributed by atoms with Crippen molar-refractivity contribution in [1.29, 1.82) is 0 Å². The van der Waals surface area contributed by atoms with E-state index >= 15 is 0 Å². The molecule has 1 atom stereocenters. The van der Waals surface area contributed by atoms with Crippen LogP contribution in [0.5, 0.6) is 11.5 Å². The lowest BCUT2D eigenvalue weighted by Crippen LogP contribution is -2.38. The minimum Gasteiger partial charge on any atom is -0.486 e. The summed E-state index contributed by atoms with van der Waals surface area (Å²) in [5.41, 5.74) is 0. The molecule has 2 N–H and O–H groups in total. The van der Waals surface area contributed by atoms with Crippen molar-refractivity contribution in [3.63, 3.8) is 0 Å². The first-order valence-electron chi connectivity index (χ1n) is 5.65. The van der Waals surface area contributed by atoms with Crippen LogP contribution in [0.4, 0.5) is 0 Å². The zero-order valence-corrected chi connectivity index (χ0v) is 12.0.